The van der Waals surface area contributed by atoms with Gasteiger partial charge >= 0.3 is 0 Å². The summed E-state index contributed by atoms with van der Waals surface area (Å²) in [4.78, 5) is 12.4. The molecule has 0 saturated heterocycles. The molecule has 1 heteroatoms. The molecule has 0 heterocycles. The van der Waals surface area contributed by atoms with Crippen LogP contribution in [0, 0.1) is 0 Å². The minimum atomic E-state index is 0.117. The molecule has 19 heavy (non-hydrogen) atoms. The van der Waals surface area contributed by atoms with E-state index < -0.39 is 0 Å². The molecule has 1 fully saturated rings. The highest BCUT2D eigenvalue weighted by Crippen LogP contribution is 2.32. The van der Waals surface area contributed by atoms with E-state index in [0.717, 1.165) is 19.3 Å². The first-order valence-electron chi connectivity index (χ1n) is 7.36. The molecule has 0 radical (unpaired) electrons. The van der Waals surface area contributed by atoms with Gasteiger partial charge in [0.2, 0.25) is 0 Å². The number of benzene rings is 2. The second-order valence-corrected chi connectivity index (χ2v) is 5.54. The van der Waals surface area contributed by atoms with E-state index in [1.807, 2.05) is 0 Å². The van der Waals surface area contributed by atoms with Gasteiger partial charge in [0.05, 0.1) is 0 Å². The molecule has 1 aliphatic rings. The van der Waals surface area contributed by atoms with Crippen molar-refractivity contribution >= 4 is 16.6 Å². The molecule has 0 spiro atoms. The number of hydrogen-bond acceptors (Lipinski definition) is 1. The third-order valence-corrected chi connectivity index (χ3v) is 4.25. The van der Waals surface area contributed by atoms with Crippen LogP contribution in [0.25, 0.3) is 10.8 Å². The van der Waals surface area contributed by atoms with E-state index in [9.17, 15) is 4.79 Å². The van der Waals surface area contributed by atoms with Gasteiger partial charge in [-0.25, -0.2) is 0 Å². The van der Waals surface area contributed by atoms with E-state index in [1.165, 1.54) is 35.6 Å². The van der Waals surface area contributed by atoms with E-state index in [4.69, 9.17) is 0 Å². The number of carbonyl (C=O) groups is 1. The van der Waals surface area contributed by atoms with Crippen LogP contribution in [-0.4, -0.2) is 5.78 Å². The predicted molar refractivity (Wildman–Crippen MR) is 79.4 cm³/mol. The van der Waals surface area contributed by atoms with Crippen LogP contribution < -0.4 is 0 Å². The lowest BCUT2D eigenvalue weighted by Gasteiger charge is -2.20. The van der Waals surface area contributed by atoms with E-state index in [1.54, 1.807) is 0 Å². The molecule has 1 saturated carbocycles. The summed E-state index contributed by atoms with van der Waals surface area (Å²) >= 11 is 0. The highest BCUT2D eigenvalue weighted by atomic mass is 16.1. The van der Waals surface area contributed by atoms with Crippen LogP contribution in [0.2, 0.25) is 0 Å². The van der Waals surface area contributed by atoms with Crippen LogP contribution in [0.3, 0.4) is 0 Å². The summed E-state index contributed by atoms with van der Waals surface area (Å²) < 4.78 is 0. The van der Waals surface area contributed by atoms with Crippen molar-refractivity contribution < 1.29 is 4.79 Å². The monoisotopic (exact) mass is 252 g/mol. The SMILES string of the molecule is O=C1CCCCCC[C@H]1c1cccc2ccccc12. The molecule has 1 nitrogen and oxygen atoms in total. The minimum absolute atomic E-state index is 0.117. The Morgan fingerprint density at radius 3 is 2.58 bits per heavy atom. The van der Waals surface area contributed by atoms with E-state index in [2.05, 4.69) is 42.5 Å². The van der Waals surface area contributed by atoms with Crippen molar-refractivity contribution in [3.05, 3.63) is 48.0 Å². The molecular weight excluding hydrogens is 232 g/mol. The first-order valence-corrected chi connectivity index (χ1v) is 7.36. The van der Waals surface area contributed by atoms with Gasteiger partial charge in [0.1, 0.15) is 5.78 Å². The topological polar surface area (TPSA) is 17.1 Å². The molecule has 0 aromatic heterocycles. The molecular formula is C18H20O. The van der Waals surface area contributed by atoms with Gasteiger partial charge in [-0.3, -0.25) is 4.79 Å². The Morgan fingerprint density at radius 1 is 0.842 bits per heavy atom. The normalized spacial score (nSPS) is 21.1. The number of rotatable bonds is 1. The van der Waals surface area contributed by atoms with Crippen LogP contribution in [-0.2, 0) is 4.79 Å². The van der Waals surface area contributed by atoms with E-state index in [0.29, 0.717) is 5.78 Å². The molecule has 1 aliphatic carbocycles. The van der Waals surface area contributed by atoms with Crippen molar-refractivity contribution in [2.45, 2.75) is 44.4 Å². The maximum absolute atomic E-state index is 12.4. The van der Waals surface area contributed by atoms with E-state index in [-0.39, 0.29) is 5.92 Å². The minimum Gasteiger partial charge on any atom is -0.299 e. The Hall–Kier alpha value is -1.63. The zero-order valence-corrected chi connectivity index (χ0v) is 11.3. The van der Waals surface area contributed by atoms with Crippen LogP contribution in [0.5, 0.6) is 0 Å². The Morgan fingerprint density at radius 2 is 1.63 bits per heavy atom. The fourth-order valence-electron chi connectivity index (χ4n) is 3.22. The lowest BCUT2D eigenvalue weighted by molar-refractivity contribution is -0.121. The van der Waals surface area contributed by atoms with Gasteiger partial charge in [-0.1, -0.05) is 61.7 Å². The van der Waals surface area contributed by atoms with Crippen molar-refractivity contribution in [3.63, 3.8) is 0 Å². The molecule has 0 aliphatic heterocycles. The first-order chi connectivity index (χ1) is 9.36. The quantitative estimate of drug-likeness (QED) is 0.709. The van der Waals surface area contributed by atoms with Gasteiger partial charge in [0, 0.05) is 12.3 Å². The zero-order chi connectivity index (χ0) is 13.1. The maximum Gasteiger partial charge on any atom is 0.140 e. The fourth-order valence-corrected chi connectivity index (χ4v) is 3.22. The van der Waals surface area contributed by atoms with Crippen molar-refractivity contribution in [3.8, 4) is 0 Å². The number of fused-ring (bicyclic) bond motifs is 1. The molecule has 0 amide bonds. The Bertz CT molecular complexity index is 580. The third-order valence-electron chi connectivity index (χ3n) is 4.25. The Balaban J connectivity index is 2.04. The van der Waals surface area contributed by atoms with Crippen molar-refractivity contribution in [2.24, 2.45) is 0 Å². The Kier molecular flexibility index (Phi) is 3.63. The third kappa shape index (κ3) is 2.56. The number of carbonyl (C=O) groups excluding carboxylic acids is 1. The van der Waals surface area contributed by atoms with Gasteiger partial charge in [-0.05, 0) is 29.2 Å². The van der Waals surface area contributed by atoms with Crippen molar-refractivity contribution in [1.29, 1.82) is 0 Å². The largest absolute Gasteiger partial charge is 0.299 e. The summed E-state index contributed by atoms with van der Waals surface area (Å²) in [6.07, 6.45) is 6.52. The zero-order valence-electron chi connectivity index (χ0n) is 11.3. The summed E-state index contributed by atoms with van der Waals surface area (Å²) in [6.45, 7) is 0. The van der Waals surface area contributed by atoms with Gasteiger partial charge in [-0.15, -0.1) is 0 Å². The highest BCUT2D eigenvalue weighted by molar-refractivity contribution is 5.93. The summed E-state index contributed by atoms with van der Waals surface area (Å²) in [6, 6.07) is 14.8. The molecule has 1 atom stereocenters. The molecule has 0 N–H and O–H groups in total. The van der Waals surface area contributed by atoms with Gasteiger partial charge in [0.25, 0.3) is 0 Å². The molecule has 0 unspecified atom stereocenters. The number of Topliss-reactive ketones (excluding diaryl/α,β-unsaturated/α-hetero) is 1. The summed E-state index contributed by atoms with van der Waals surface area (Å²) in [5, 5.41) is 2.50. The summed E-state index contributed by atoms with van der Waals surface area (Å²) in [7, 11) is 0. The average molecular weight is 252 g/mol. The fraction of sp³-hybridized carbons (Fsp3) is 0.389. The van der Waals surface area contributed by atoms with Crippen molar-refractivity contribution in [2.75, 3.05) is 0 Å². The standard InChI is InChI=1S/C18H20O/c19-18-13-4-2-1-3-11-17(18)16-12-7-9-14-8-5-6-10-15(14)16/h5-10,12,17H,1-4,11,13H2/t17-/m0/s1. The molecule has 98 valence electrons. The average Bonchev–Trinajstić information content (AvgIpc) is 2.43. The summed E-state index contributed by atoms with van der Waals surface area (Å²) in [5.41, 5.74) is 1.24. The van der Waals surface area contributed by atoms with Crippen molar-refractivity contribution in [1.82, 2.24) is 0 Å². The smallest absolute Gasteiger partial charge is 0.140 e. The van der Waals surface area contributed by atoms with Crippen LogP contribution >= 0.6 is 0 Å². The molecule has 3 rings (SSSR count). The van der Waals surface area contributed by atoms with Crippen LogP contribution in [0.1, 0.15) is 50.0 Å². The molecule has 2 aromatic rings. The van der Waals surface area contributed by atoms with Gasteiger partial charge < -0.3 is 0 Å². The Labute approximate surface area is 114 Å². The number of ketones is 1. The second kappa shape index (κ2) is 5.56. The lowest BCUT2D eigenvalue weighted by Crippen LogP contribution is -2.14. The van der Waals surface area contributed by atoms with Gasteiger partial charge in [-0.2, -0.15) is 0 Å². The maximum atomic E-state index is 12.4. The van der Waals surface area contributed by atoms with Crippen LogP contribution in [0.4, 0.5) is 0 Å². The number of hydrogen-bond donors (Lipinski definition) is 0. The van der Waals surface area contributed by atoms with Gasteiger partial charge in [0.15, 0.2) is 0 Å². The predicted octanol–water partition coefficient (Wildman–Crippen LogP) is 4.85. The molecule has 2 aromatic carbocycles. The lowest BCUT2D eigenvalue weighted by atomic mass is 9.83. The molecule has 0 bridgehead atoms. The highest BCUT2D eigenvalue weighted by Gasteiger charge is 2.22. The van der Waals surface area contributed by atoms with E-state index >= 15 is 0 Å². The summed E-state index contributed by atoms with van der Waals surface area (Å²) in [5.74, 6) is 0.558. The van der Waals surface area contributed by atoms with Crippen LogP contribution in [0.15, 0.2) is 42.5 Å². The first kappa shape index (κ1) is 12.4. The second-order valence-electron chi connectivity index (χ2n) is 5.54.